The Bertz CT molecular complexity index is 900. The van der Waals surface area contributed by atoms with Crippen molar-refractivity contribution in [2.75, 3.05) is 11.2 Å². The Morgan fingerprint density at radius 3 is 2.54 bits per heavy atom. The van der Waals surface area contributed by atoms with Crippen molar-refractivity contribution in [1.82, 2.24) is 20.4 Å². The fraction of sp³-hybridized carbons (Fsp3) is 0.368. The lowest BCUT2D eigenvalue weighted by molar-refractivity contribution is 0.0540. The largest absolute Gasteiger partial charge is 0.451 e. The van der Waals surface area contributed by atoms with Gasteiger partial charge in [-0.3, -0.25) is 5.43 Å². The lowest BCUT2D eigenvalue weighted by Gasteiger charge is -2.19. The van der Waals surface area contributed by atoms with Gasteiger partial charge in [0.1, 0.15) is 17.0 Å². The Morgan fingerprint density at radius 2 is 1.96 bits per heavy atom. The Kier molecular flexibility index (Phi) is 6.26. The van der Waals surface area contributed by atoms with Gasteiger partial charge in [0.25, 0.3) is 0 Å². The van der Waals surface area contributed by atoms with Crippen molar-refractivity contribution in [1.29, 1.82) is 0 Å². The number of hydrogen-bond acceptors (Lipinski definition) is 8. The fourth-order valence-electron chi connectivity index (χ4n) is 2.10. The molecule has 4 N–H and O–H groups in total. The molecule has 2 aromatic rings. The number of aromatic nitrogens is 3. The molecule has 0 spiro atoms. The number of carbonyl (C=O) groups is 1. The molecule has 2 aromatic heterocycles. The molecule has 0 fully saturated rings. The highest BCUT2D eigenvalue weighted by molar-refractivity contribution is 5.69. The Hall–Kier alpha value is -3.54. The fourth-order valence-corrected chi connectivity index (χ4v) is 2.10. The smallest absolute Gasteiger partial charge is 0.426 e. The summed E-state index contributed by atoms with van der Waals surface area (Å²) in [4.78, 5) is 24.0. The summed E-state index contributed by atoms with van der Waals surface area (Å²) in [5.41, 5.74) is 11.5. The van der Waals surface area contributed by atoms with Crippen LogP contribution in [0.2, 0.25) is 0 Å². The first-order chi connectivity index (χ1) is 13.1. The van der Waals surface area contributed by atoms with E-state index >= 15 is 0 Å². The van der Waals surface area contributed by atoms with Crippen LogP contribution in [0.3, 0.4) is 0 Å². The number of terminal acetylenes is 1. The molecule has 0 aliphatic rings. The summed E-state index contributed by atoms with van der Waals surface area (Å²) in [5.74, 6) is 3.57. The standard InChI is InChI=1S/C19H24N6O3/c1-7-12-8-14(13(9-21-12)11(2)3)27-15-10-22-17(23-16(15)20)24-25-18(26)28-19(4,5)6/h1,8-11H,2-6H3,(H,25,26)(H3,20,22,23,24). The number of nitrogens with one attached hydrogen (secondary N) is 2. The first kappa shape index (κ1) is 20.8. The molecule has 9 nitrogen and oxygen atoms in total. The second-order valence-corrected chi connectivity index (χ2v) is 7.20. The molecular formula is C19H24N6O3. The molecule has 2 rings (SSSR count). The van der Waals surface area contributed by atoms with Gasteiger partial charge >= 0.3 is 6.09 Å². The van der Waals surface area contributed by atoms with Crippen molar-refractivity contribution in [3.05, 3.63) is 29.7 Å². The molecule has 0 saturated heterocycles. The van der Waals surface area contributed by atoms with Gasteiger partial charge < -0.3 is 15.2 Å². The zero-order valence-corrected chi connectivity index (χ0v) is 16.5. The van der Waals surface area contributed by atoms with Crippen molar-refractivity contribution >= 4 is 17.9 Å². The molecule has 0 atom stereocenters. The van der Waals surface area contributed by atoms with Crippen LogP contribution >= 0.6 is 0 Å². The number of nitrogen functional groups attached to an aromatic ring is 1. The van der Waals surface area contributed by atoms with E-state index in [-0.39, 0.29) is 23.4 Å². The Balaban J connectivity index is 2.13. The summed E-state index contributed by atoms with van der Waals surface area (Å²) >= 11 is 0. The summed E-state index contributed by atoms with van der Waals surface area (Å²) in [5, 5.41) is 0. The number of rotatable bonds is 5. The predicted octanol–water partition coefficient (Wildman–Crippen LogP) is 3.20. The summed E-state index contributed by atoms with van der Waals surface area (Å²) in [6.45, 7) is 9.28. The van der Waals surface area contributed by atoms with E-state index in [1.807, 2.05) is 13.8 Å². The third kappa shape index (κ3) is 5.74. The number of pyridine rings is 1. The van der Waals surface area contributed by atoms with Crippen molar-refractivity contribution in [2.45, 2.75) is 46.1 Å². The molecule has 0 aliphatic carbocycles. The maximum Gasteiger partial charge on any atom is 0.426 e. The minimum absolute atomic E-state index is 0.0808. The number of hydrazine groups is 1. The van der Waals surface area contributed by atoms with Crippen LogP contribution in [0.5, 0.6) is 11.5 Å². The normalized spacial score (nSPS) is 10.9. The molecule has 0 saturated carbocycles. The summed E-state index contributed by atoms with van der Waals surface area (Å²) < 4.78 is 11.0. The highest BCUT2D eigenvalue weighted by Crippen LogP contribution is 2.32. The van der Waals surface area contributed by atoms with Crippen LogP contribution < -0.4 is 21.3 Å². The van der Waals surface area contributed by atoms with Gasteiger partial charge in [-0.05, 0) is 26.7 Å². The van der Waals surface area contributed by atoms with Crippen molar-refractivity contribution < 1.29 is 14.3 Å². The van der Waals surface area contributed by atoms with Crippen LogP contribution in [0.1, 0.15) is 51.8 Å². The maximum atomic E-state index is 11.7. The highest BCUT2D eigenvalue weighted by atomic mass is 16.6. The molecule has 0 unspecified atom stereocenters. The quantitative estimate of drug-likeness (QED) is 0.530. The number of amides is 1. The first-order valence-electron chi connectivity index (χ1n) is 8.61. The van der Waals surface area contributed by atoms with Gasteiger partial charge in [-0.25, -0.2) is 20.2 Å². The molecule has 0 aliphatic heterocycles. The van der Waals surface area contributed by atoms with Crippen molar-refractivity contribution in [3.8, 4) is 23.8 Å². The molecule has 0 bridgehead atoms. The van der Waals surface area contributed by atoms with E-state index in [1.54, 1.807) is 33.0 Å². The molecule has 2 heterocycles. The zero-order chi connectivity index (χ0) is 20.9. The Labute approximate surface area is 164 Å². The van der Waals surface area contributed by atoms with Crippen LogP contribution in [0.15, 0.2) is 18.5 Å². The minimum atomic E-state index is -0.671. The van der Waals surface area contributed by atoms with E-state index in [2.05, 4.69) is 31.7 Å². The number of nitrogens with two attached hydrogens (primary N) is 1. The molecule has 1 amide bonds. The average Bonchev–Trinajstić information content (AvgIpc) is 2.60. The number of nitrogens with zero attached hydrogens (tertiary/aromatic N) is 3. The molecule has 148 valence electrons. The van der Waals surface area contributed by atoms with Gasteiger partial charge in [-0.1, -0.05) is 19.8 Å². The highest BCUT2D eigenvalue weighted by Gasteiger charge is 2.17. The van der Waals surface area contributed by atoms with Crippen LogP contribution in [-0.4, -0.2) is 26.6 Å². The number of carbonyl (C=O) groups excluding carboxylic acids is 1. The van der Waals surface area contributed by atoms with Crippen LogP contribution in [0.4, 0.5) is 16.6 Å². The van der Waals surface area contributed by atoms with E-state index in [9.17, 15) is 4.79 Å². The number of anilines is 2. The Morgan fingerprint density at radius 1 is 1.25 bits per heavy atom. The van der Waals surface area contributed by atoms with Gasteiger partial charge in [-0.2, -0.15) is 4.98 Å². The summed E-state index contributed by atoms with van der Waals surface area (Å²) in [6, 6.07) is 1.66. The average molecular weight is 384 g/mol. The van der Waals surface area contributed by atoms with Gasteiger partial charge in [0.15, 0.2) is 11.6 Å². The molecule has 28 heavy (non-hydrogen) atoms. The van der Waals surface area contributed by atoms with Crippen molar-refractivity contribution in [2.24, 2.45) is 0 Å². The molecular weight excluding hydrogens is 360 g/mol. The van der Waals surface area contributed by atoms with Gasteiger partial charge in [0, 0.05) is 17.8 Å². The predicted molar refractivity (Wildman–Crippen MR) is 106 cm³/mol. The van der Waals surface area contributed by atoms with Crippen molar-refractivity contribution in [3.63, 3.8) is 0 Å². The maximum absolute atomic E-state index is 11.7. The second kappa shape index (κ2) is 8.43. The van der Waals surface area contributed by atoms with Gasteiger partial charge in [-0.15, -0.1) is 6.42 Å². The minimum Gasteiger partial charge on any atom is -0.451 e. The van der Waals surface area contributed by atoms with E-state index in [4.69, 9.17) is 21.6 Å². The lowest BCUT2D eigenvalue weighted by Crippen LogP contribution is -2.36. The van der Waals surface area contributed by atoms with E-state index in [0.29, 0.717) is 11.4 Å². The van der Waals surface area contributed by atoms with Gasteiger partial charge in [0.05, 0.1) is 6.20 Å². The monoisotopic (exact) mass is 384 g/mol. The lowest BCUT2D eigenvalue weighted by atomic mass is 10.0. The topological polar surface area (TPSA) is 124 Å². The summed E-state index contributed by atoms with van der Waals surface area (Å²) in [7, 11) is 0. The summed E-state index contributed by atoms with van der Waals surface area (Å²) in [6.07, 6.45) is 7.81. The third-order valence-corrected chi connectivity index (χ3v) is 3.34. The number of ether oxygens (including phenoxy) is 2. The SMILES string of the molecule is C#Cc1cc(Oc2cnc(NNC(=O)OC(C)(C)C)nc2N)c(C(C)C)cn1. The molecule has 9 heteroatoms. The van der Waals surface area contributed by atoms with E-state index in [1.165, 1.54) is 6.20 Å². The van der Waals surface area contributed by atoms with Crippen LogP contribution in [-0.2, 0) is 4.74 Å². The molecule has 0 aromatic carbocycles. The van der Waals surface area contributed by atoms with Crippen LogP contribution in [0.25, 0.3) is 0 Å². The zero-order valence-electron chi connectivity index (χ0n) is 16.5. The van der Waals surface area contributed by atoms with E-state index in [0.717, 1.165) is 5.56 Å². The number of hydrogen-bond donors (Lipinski definition) is 3. The van der Waals surface area contributed by atoms with Crippen LogP contribution in [0, 0.1) is 12.3 Å². The third-order valence-electron chi connectivity index (χ3n) is 3.34. The van der Waals surface area contributed by atoms with E-state index < -0.39 is 11.7 Å². The first-order valence-corrected chi connectivity index (χ1v) is 8.61. The molecule has 0 radical (unpaired) electrons. The second-order valence-electron chi connectivity index (χ2n) is 7.20. The van der Waals surface area contributed by atoms with Gasteiger partial charge in [0.2, 0.25) is 5.95 Å².